The highest BCUT2D eigenvalue weighted by atomic mass is 16.6. The summed E-state index contributed by atoms with van der Waals surface area (Å²) in [6.07, 6.45) is 2.10. The van der Waals surface area contributed by atoms with Gasteiger partial charge >= 0.3 is 0 Å². The predicted molar refractivity (Wildman–Crippen MR) is 97.9 cm³/mol. The van der Waals surface area contributed by atoms with E-state index in [2.05, 4.69) is 28.0 Å². The Hall–Kier alpha value is -3.07. The molecule has 1 atom stereocenters. The molecule has 6 nitrogen and oxygen atoms in total. The monoisotopic (exact) mass is 336 g/mol. The van der Waals surface area contributed by atoms with E-state index in [0.29, 0.717) is 5.56 Å². The largest absolute Gasteiger partial charge is 0.369 e. The molecule has 0 aromatic heterocycles. The zero-order valence-corrected chi connectivity index (χ0v) is 14.1. The van der Waals surface area contributed by atoms with Crippen molar-refractivity contribution in [2.45, 2.75) is 18.9 Å². The second-order valence-corrected chi connectivity index (χ2v) is 6.26. The Morgan fingerprint density at radius 3 is 2.72 bits per heavy atom. The van der Waals surface area contributed by atoms with E-state index in [1.54, 1.807) is 6.07 Å². The van der Waals surface area contributed by atoms with Gasteiger partial charge in [0.25, 0.3) is 5.69 Å². The van der Waals surface area contributed by atoms with Gasteiger partial charge in [-0.15, -0.1) is 0 Å². The van der Waals surface area contributed by atoms with E-state index in [1.807, 2.05) is 25.2 Å². The van der Waals surface area contributed by atoms with Crippen molar-refractivity contribution in [3.63, 3.8) is 0 Å². The third kappa shape index (κ3) is 3.56. The molecule has 1 unspecified atom stereocenters. The van der Waals surface area contributed by atoms with Crippen LogP contribution < -0.4 is 9.80 Å². The summed E-state index contributed by atoms with van der Waals surface area (Å²) in [5.41, 5.74) is 2.23. The minimum Gasteiger partial charge on any atom is -0.369 e. The molecule has 0 amide bonds. The summed E-state index contributed by atoms with van der Waals surface area (Å²) in [5, 5.41) is 20.3. The number of likely N-dealkylation sites (N-methyl/N-ethyl adjacent to an activating group) is 1. The highest BCUT2D eigenvalue weighted by molar-refractivity contribution is 5.63. The average Bonchev–Trinajstić information content (AvgIpc) is 2.67. The Morgan fingerprint density at radius 1 is 1.28 bits per heavy atom. The van der Waals surface area contributed by atoms with Gasteiger partial charge in [-0.1, -0.05) is 18.2 Å². The number of rotatable bonds is 4. The summed E-state index contributed by atoms with van der Waals surface area (Å²) >= 11 is 0. The van der Waals surface area contributed by atoms with Crippen molar-refractivity contribution in [3.8, 4) is 6.07 Å². The Morgan fingerprint density at radius 2 is 2.04 bits per heavy atom. The van der Waals surface area contributed by atoms with Crippen LogP contribution >= 0.6 is 0 Å². The van der Waals surface area contributed by atoms with Crippen molar-refractivity contribution in [1.82, 2.24) is 0 Å². The van der Waals surface area contributed by atoms with Crippen LogP contribution in [0.2, 0.25) is 0 Å². The molecule has 0 aliphatic carbocycles. The van der Waals surface area contributed by atoms with Gasteiger partial charge < -0.3 is 9.80 Å². The molecular formula is C19H20N4O2. The van der Waals surface area contributed by atoms with Crippen LogP contribution in [0.25, 0.3) is 0 Å². The lowest BCUT2D eigenvalue weighted by atomic mass is 10.0. The molecule has 2 aromatic rings. The topological polar surface area (TPSA) is 73.4 Å². The van der Waals surface area contributed by atoms with E-state index in [1.165, 1.54) is 17.8 Å². The molecule has 1 fully saturated rings. The van der Waals surface area contributed by atoms with Gasteiger partial charge in [-0.25, -0.2) is 0 Å². The maximum absolute atomic E-state index is 10.9. The fourth-order valence-corrected chi connectivity index (χ4v) is 3.38. The number of benzene rings is 2. The Kier molecular flexibility index (Phi) is 4.85. The van der Waals surface area contributed by atoms with Gasteiger partial charge in [-0.05, 0) is 31.0 Å². The van der Waals surface area contributed by atoms with Crippen LogP contribution in [0.1, 0.15) is 18.4 Å². The zero-order chi connectivity index (χ0) is 17.8. The van der Waals surface area contributed by atoms with E-state index in [-0.39, 0.29) is 11.7 Å². The van der Waals surface area contributed by atoms with Gasteiger partial charge in [0, 0.05) is 44.0 Å². The first-order chi connectivity index (χ1) is 12.1. The van der Waals surface area contributed by atoms with Gasteiger partial charge in [0.05, 0.1) is 16.2 Å². The molecule has 6 heteroatoms. The number of para-hydroxylation sites is 1. The first-order valence-corrected chi connectivity index (χ1v) is 8.31. The van der Waals surface area contributed by atoms with Gasteiger partial charge in [0.2, 0.25) is 0 Å². The smallest absolute Gasteiger partial charge is 0.270 e. The van der Waals surface area contributed by atoms with Crippen molar-refractivity contribution in [2.75, 3.05) is 29.9 Å². The summed E-state index contributed by atoms with van der Waals surface area (Å²) < 4.78 is 0. The average molecular weight is 336 g/mol. The molecule has 0 bridgehead atoms. The first kappa shape index (κ1) is 16.8. The maximum Gasteiger partial charge on any atom is 0.270 e. The number of hydrogen-bond donors (Lipinski definition) is 0. The van der Waals surface area contributed by atoms with Crippen LogP contribution in [0.4, 0.5) is 17.1 Å². The Labute approximate surface area is 147 Å². The van der Waals surface area contributed by atoms with Crippen LogP contribution in [0.3, 0.4) is 0 Å². The highest BCUT2D eigenvalue weighted by Gasteiger charge is 2.25. The van der Waals surface area contributed by atoms with Crippen LogP contribution in [0, 0.1) is 21.4 Å². The summed E-state index contributed by atoms with van der Waals surface area (Å²) in [7, 11) is 1.96. The van der Waals surface area contributed by atoms with E-state index in [4.69, 9.17) is 0 Å². The van der Waals surface area contributed by atoms with Gasteiger partial charge in [0.15, 0.2) is 0 Å². The van der Waals surface area contributed by atoms with Crippen molar-refractivity contribution >= 4 is 17.1 Å². The molecule has 1 aliphatic rings. The van der Waals surface area contributed by atoms with Gasteiger partial charge in [-0.2, -0.15) is 5.26 Å². The number of nitrogens with zero attached hydrogens (tertiary/aromatic N) is 4. The van der Waals surface area contributed by atoms with Gasteiger partial charge in [0.1, 0.15) is 6.07 Å². The molecule has 1 saturated heterocycles. The number of nitro benzene ring substituents is 1. The van der Waals surface area contributed by atoms with Crippen LogP contribution in [0.5, 0.6) is 0 Å². The van der Waals surface area contributed by atoms with Crippen molar-refractivity contribution in [2.24, 2.45) is 0 Å². The lowest BCUT2D eigenvalue weighted by molar-refractivity contribution is -0.384. The number of piperidine rings is 1. The molecule has 0 saturated carbocycles. The molecule has 25 heavy (non-hydrogen) atoms. The molecule has 0 N–H and O–H groups in total. The predicted octanol–water partition coefficient (Wildman–Crippen LogP) is 3.57. The standard InChI is InChI=1S/C19H20N4O2/c1-21(19-10-9-17(23(24)25)12-15(19)13-20)18-8-5-11-22(14-18)16-6-3-2-4-7-16/h2-4,6-7,9-10,12,18H,5,8,11,14H2,1H3. The third-order valence-electron chi connectivity index (χ3n) is 4.76. The van der Waals surface area contributed by atoms with Crippen LogP contribution in [-0.2, 0) is 0 Å². The van der Waals surface area contributed by atoms with Gasteiger partial charge in [-0.3, -0.25) is 10.1 Å². The quantitative estimate of drug-likeness (QED) is 0.630. The molecule has 0 spiro atoms. The van der Waals surface area contributed by atoms with Crippen LogP contribution in [0.15, 0.2) is 48.5 Å². The second kappa shape index (κ2) is 7.22. The summed E-state index contributed by atoms with van der Waals surface area (Å²) in [4.78, 5) is 14.9. The van der Waals surface area contributed by atoms with E-state index in [0.717, 1.165) is 31.6 Å². The zero-order valence-electron chi connectivity index (χ0n) is 14.1. The van der Waals surface area contributed by atoms with Crippen LogP contribution in [-0.4, -0.2) is 31.1 Å². The number of anilines is 2. The molecule has 2 aromatic carbocycles. The van der Waals surface area contributed by atoms with E-state index in [9.17, 15) is 15.4 Å². The minimum absolute atomic E-state index is 0.0525. The number of nitriles is 1. The lowest BCUT2D eigenvalue weighted by Gasteiger charge is -2.40. The highest BCUT2D eigenvalue weighted by Crippen LogP contribution is 2.29. The fraction of sp³-hybridized carbons (Fsp3) is 0.316. The Bertz CT molecular complexity index is 801. The number of hydrogen-bond acceptors (Lipinski definition) is 5. The van der Waals surface area contributed by atoms with E-state index < -0.39 is 4.92 Å². The number of non-ortho nitro benzene ring substituents is 1. The molecule has 3 rings (SSSR count). The third-order valence-corrected chi connectivity index (χ3v) is 4.76. The summed E-state index contributed by atoms with van der Waals surface area (Å²) in [6.45, 7) is 1.88. The maximum atomic E-state index is 10.9. The lowest BCUT2D eigenvalue weighted by Crippen LogP contribution is -2.47. The minimum atomic E-state index is -0.470. The molecule has 128 valence electrons. The number of nitro groups is 1. The normalized spacial score (nSPS) is 17.0. The van der Waals surface area contributed by atoms with Crippen molar-refractivity contribution in [1.29, 1.82) is 5.26 Å². The molecule has 0 radical (unpaired) electrons. The summed E-state index contributed by atoms with van der Waals surface area (Å²) in [6, 6.07) is 17.1. The molecular weight excluding hydrogens is 316 g/mol. The van der Waals surface area contributed by atoms with E-state index >= 15 is 0 Å². The summed E-state index contributed by atoms with van der Waals surface area (Å²) in [5.74, 6) is 0. The van der Waals surface area contributed by atoms with Crippen molar-refractivity contribution in [3.05, 3.63) is 64.2 Å². The fourth-order valence-electron chi connectivity index (χ4n) is 3.38. The molecule has 1 heterocycles. The van der Waals surface area contributed by atoms with Crippen molar-refractivity contribution < 1.29 is 4.92 Å². The second-order valence-electron chi connectivity index (χ2n) is 6.26. The molecule has 1 aliphatic heterocycles. The SMILES string of the molecule is CN(c1ccc([N+](=O)[O-])cc1C#N)C1CCCN(c2ccccc2)C1. The Balaban J connectivity index is 1.82. The first-order valence-electron chi connectivity index (χ1n) is 8.31.